The molecule has 0 heterocycles. The van der Waals surface area contributed by atoms with Gasteiger partial charge in [-0.05, 0) is 19.3 Å². The fourth-order valence-corrected chi connectivity index (χ4v) is 2.54. The van der Waals surface area contributed by atoms with Crippen molar-refractivity contribution in [2.45, 2.75) is 24.1 Å². The Balaban J connectivity index is 2.24. The average Bonchev–Trinajstić information content (AvgIpc) is 2.68. The van der Waals surface area contributed by atoms with E-state index in [-0.39, 0.29) is 4.83 Å². The van der Waals surface area contributed by atoms with Gasteiger partial charge in [0.15, 0.2) is 0 Å². The molecule has 1 aliphatic rings. The summed E-state index contributed by atoms with van der Waals surface area (Å²) in [6, 6.07) is 0. The molecule has 1 fully saturated rings. The minimum Gasteiger partial charge on any atom is -0.298 e. The van der Waals surface area contributed by atoms with Gasteiger partial charge in [-0.1, -0.05) is 31.9 Å². The van der Waals surface area contributed by atoms with Gasteiger partial charge in [0.25, 0.3) is 0 Å². The van der Waals surface area contributed by atoms with Crippen molar-refractivity contribution in [2.75, 3.05) is 5.33 Å². The van der Waals surface area contributed by atoms with Crippen LogP contribution in [0.3, 0.4) is 0 Å². The van der Waals surface area contributed by atoms with E-state index in [2.05, 4.69) is 31.9 Å². The first kappa shape index (κ1) is 8.72. The van der Waals surface area contributed by atoms with E-state index in [1.54, 1.807) is 0 Å². The second-order valence-corrected chi connectivity index (χ2v) is 4.52. The van der Waals surface area contributed by atoms with Crippen molar-refractivity contribution in [3.8, 4) is 0 Å². The molecule has 1 saturated carbocycles. The van der Waals surface area contributed by atoms with Crippen LogP contribution >= 0.6 is 31.9 Å². The first-order valence-corrected chi connectivity index (χ1v) is 5.53. The summed E-state index contributed by atoms with van der Waals surface area (Å²) in [6.45, 7) is 0. The Labute approximate surface area is 77.8 Å². The summed E-state index contributed by atoms with van der Waals surface area (Å²) >= 11 is 6.67. The van der Waals surface area contributed by atoms with Crippen LogP contribution in [0.15, 0.2) is 0 Å². The van der Waals surface area contributed by atoms with E-state index in [4.69, 9.17) is 0 Å². The van der Waals surface area contributed by atoms with Gasteiger partial charge in [0.1, 0.15) is 5.78 Å². The van der Waals surface area contributed by atoms with Crippen LogP contribution in [0.25, 0.3) is 0 Å². The number of carbonyl (C=O) groups excluding carboxylic acids is 1. The molecule has 1 unspecified atom stereocenters. The molecule has 0 N–H and O–H groups in total. The number of Topliss-reactive ketones (excluding diaryl/α,β-unsaturated/α-hetero) is 1. The molecule has 0 bridgehead atoms. The maximum Gasteiger partial charge on any atom is 0.149 e. The Kier molecular flexibility index (Phi) is 3.37. The van der Waals surface area contributed by atoms with Crippen molar-refractivity contribution >= 4 is 37.6 Å². The van der Waals surface area contributed by atoms with Gasteiger partial charge in [0.05, 0.1) is 4.83 Å². The number of halogens is 2. The molecule has 1 nitrogen and oxygen atoms in total. The third kappa shape index (κ3) is 2.35. The lowest BCUT2D eigenvalue weighted by Crippen LogP contribution is -2.15. The molecule has 1 aliphatic carbocycles. The maximum atomic E-state index is 11.2. The number of rotatable bonds is 4. The molecule has 3 heteroatoms. The summed E-state index contributed by atoms with van der Waals surface area (Å²) in [5.41, 5.74) is 0. The van der Waals surface area contributed by atoms with E-state index >= 15 is 0 Å². The standard InChI is InChI=1S/C7H10Br2O/c8-4-3-6(9)7(10)5-1-2-5/h5-6H,1-4H2. The normalized spacial score (nSPS) is 20.6. The predicted octanol–water partition coefficient (Wildman–Crippen LogP) is 2.51. The van der Waals surface area contributed by atoms with Crippen LogP contribution < -0.4 is 0 Å². The van der Waals surface area contributed by atoms with Crippen molar-refractivity contribution in [2.24, 2.45) is 5.92 Å². The lowest BCUT2D eigenvalue weighted by Gasteiger charge is -2.03. The molecule has 0 aliphatic heterocycles. The maximum absolute atomic E-state index is 11.2. The number of carbonyl (C=O) groups is 1. The minimum absolute atomic E-state index is 0.0966. The van der Waals surface area contributed by atoms with Crippen LogP contribution in [0, 0.1) is 5.92 Å². The van der Waals surface area contributed by atoms with Gasteiger partial charge in [-0.15, -0.1) is 0 Å². The van der Waals surface area contributed by atoms with Gasteiger partial charge in [0, 0.05) is 11.2 Å². The molecule has 10 heavy (non-hydrogen) atoms. The van der Waals surface area contributed by atoms with Gasteiger partial charge in [-0.25, -0.2) is 0 Å². The fraction of sp³-hybridized carbons (Fsp3) is 0.857. The monoisotopic (exact) mass is 268 g/mol. The van der Waals surface area contributed by atoms with Crippen molar-refractivity contribution in [3.63, 3.8) is 0 Å². The zero-order valence-corrected chi connectivity index (χ0v) is 8.82. The highest BCUT2D eigenvalue weighted by Crippen LogP contribution is 2.33. The predicted molar refractivity (Wildman–Crippen MR) is 48.9 cm³/mol. The zero-order valence-electron chi connectivity index (χ0n) is 5.65. The number of ketones is 1. The topological polar surface area (TPSA) is 17.1 Å². The average molecular weight is 270 g/mol. The quantitative estimate of drug-likeness (QED) is 0.717. The second kappa shape index (κ2) is 3.86. The summed E-state index contributed by atoms with van der Waals surface area (Å²) in [5, 5.41) is 0.904. The van der Waals surface area contributed by atoms with E-state index in [1.807, 2.05) is 0 Å². The van der Waals surface area contributed by atoms with Crippen molar-refractivity contribution in [1.29, 1.82) is 0 Å². The molecule has 0 spiro atoms. The molecule has 1 atom stereocenters. The van der Waals surface area contributed by atoms with E-state index in [0.29, 0.717) is 11.7 Å². The summed E-state index contributed by atoms with van der Waals surface area (Å²) in [5.74, 6) is 0.794. The summed E-state index contributed by atoms with van der Waals surface area (Å²) < 4.78 is 0. The van der Waals surface area contributed by atoms with E-state index in [1.165, 1.54) is 0 Å². The Morgan fingerprint density at radius 3 is 2.60 bits per heavy atom. The van der Waals surface area contributed by atoms with Crippen LogP contribution in [0.4, 0.5) is 0 Å². The highest BCUT2D eigenvalue weighted by Gasteiger charge is 2.32. The first-order valence-electron chi connectivity index (χ1n) is 3.49. The Morgan fingerprint density at radius 1 is 1.60 bits per heavy atom. The molecule has 0 aromatic carbocycles. The van der Waals surface area contributed by atoms with E-state index in [9.17, 15) is 4.79 Å². The molecule has 0 amide bonds. The molecule has 0 aromatic heterocycles. The Morgan fingerprint density at radius 2 is 2.20 bits per heavy atom. The molecule has 0 saturated heterocycles. The van der Waals surface area contributed by atoms with Crippen molar-refractivity contribution < 1.29 is 4.79 Å². The second-order valence-electron chi connectivity index (χ2n) is 2.62. The Bertz CT molecular complexity index is 132. The van der Waals surface area contributed by atoms with Gasteiger partial charge in [0.2, 0.25) is 0 Å². The van der Waals surface area contributed by atoms with Gasteiger partial charge in [-0.2, -0.15) is 0 Å². The van der Waals surface area contributed by atoms with Gasteiger partial charge in [-0.3, -0.25) is 4.79 Å². The zero-order chi connectivity index (χ0) is 7.56. The Hall–Kier alpha value is 0.630. The van der Waals surface area contributed by atoms with Crippen LogP contribution in [-0.4, -0.2) is 15.9 Å². The lowest BCUT2D eigenvalue weighted by molar-refractivity contribution is -0.119. The summed E-state index contributed by atoms with van der Waals surface area (Å²) in [6.07, 6.45) is 3.14. The smallest absolute Gasteiger partial charge is 0.149 e. The third-order valence-electron chi connectivity index (χ3n) is 1.65. The van der Waals surface area contributed by atoms with Gasteiger partial charge < -0.3 is 0 Å². The first-order chi connectivity index (χ1) is 4.75. The molecule has 0 radical (unpaired) electrons. The van der Waals surface area contributed by atoms with Crippen molar-refractivity contribution in [3.05, 3.63) is 0 Å². The van der Waals surface area contributed by atoms with Gasteiger partial charge >= 0.3 is 0 Å². The third-order valence-corrected chi connectivity index (χ3v) is 3.02. The highest BCUT2D eigenvalue weighted by atomic mass is 79.9. The lowest BCUT2D eigenvalue weighted by atomic mass is 10.1. The fourth-order valence-electron chi connectivity index (χ4n) is 0.862. The van der Waals surface area contributed by atoms with Crippen LogP contribution in [0.5, 0.6) is 0 Å². The van der Waals surface area contributed by atoms with Crippen LogP contribution in [-0.2, 0) is 4.79 Å². The number of hydrogen-bond donors (Lipinski definition) is 0. The number of hydrogen-bond acceptors (Lipinski definition) is 1. The molecule has 1 rings (SSSR count). The van der Waals surface area contributed by atoms with Crippen LogP contribution in [0.1, 0.15) is 19.3 Å². The summed E-state index contributed by atoms with van der Waals surface area (Å²) in [7, 11) is 0. The summed E-state index contributed by atoms with van der Waals surface area (Å²) in [4.78, 5) is 11.3. The minimum atomic E-state index is 0.0966. The van der Waals surface area contributed by atoms with Crippen LogP contribution in [0.2, 0.25) is 0 Å². The van der Waals surface area contributed by atoms with E-state index < -0.39 is 0 Å². The highest BCUT2D eigenvalue weighted by molar-refractivity contribution is 9.10. The SMILES string of the molecule is O=C(C(Br)CCBr)C1CC1. The largest absolute Gasteiger partial charge is 0.298 e. The van der Waals surface area contributed by atoms with Crippen molar-refractivity contribution in [1.82, 2.24) is 0 Å². The number of alkyl halides is 2. The molecular weight excluding hydrogens is 260 g/mol. The molecule has 0 aromatic rings. The molecular formula is C7H10Br2O. The molecule has 58 valence electrons. The van der Waals surface area contributed by atoms with E-state index in [0.717, 1.165) is 24.6 Å².